The highest BCUT2D eigenvalue weighted by Gasteiger charge is 2.26. The summed E-state index contributed by atoms with van der Waals surface area (Å²) in [5.41, 5.74) is 3.63. The third kappa shape index (κ3) is 4.13. The van der Waals surface area contributed by atoms with E-state index in [1.54, 1.807) is 18.2 Å². The molecule has 1 atom stereocenters. The highest BCUT2D eigenvalue weighted by atomic mass is 32.2. The molecular formula is C21H23NO4S. The van der Waals surface area contributed by atoms with Crippen LogP contribution in [0.2, 0.25) is 0 Å². The van der Waals surface area contributed by atoms with Crippen molar-refractivity contribution in [3.63, 3.8) is 0 Å². The number of benzene rings is 2. The third-order valence-electron chi connectivity index (χ3n) is 5.06. The van der Waals surface area contributed by atoms with E-state index in [1.807, 2.05) is 23.9 Å². The summed E-state index contributed by atoms with van der Waals surface area (Å²) in [5.74, 6) is 0.836. The molecule has 0 saturated carbocycles. The lowest BCUT2D eigenvalue weighted by Gasteiger charge is -2.27. The lowest BCUT2D eigenvalue weighted by molar-refractivity contribution is 0.0410. The number of morpholine rings is 1. The highest BCUT2D eigenvalue weighted by Crippen LogP contribution is 2.44. The van der Waals surface area contributed by atoms with E-state index in [9.17, 15) is 9.90 Å². The largest absolute Gasteiger partial charge is 0.489 e. The third-order valence-corrected chi connectivity index (χ3v) is 6.32. The van der Waals surface area contributed by atoms with Gasteiger partial charge in [0.1, 0.15) is 12.4 Å². The Balaban J connectivity index is 1.61. The molecule has 0 radical (unpaired) electrons. The first kappa shape index (κ1) is 18.3. The predicted molar refractivity (Wildman–Crippen MR) is 106 cm³/mol. The van der Waals surface area contributed by atoms with E-state index in [0.29, 0.717) is 12.2 Å². The number of aromatic carboxylic acids is 1. The van der Waals surface area contributed by atoms with Gasteiger partial charge in [-0.25, -0.2) is 4.79 Å². The number of ether oxygens (including phenoxy) is 2. The maximum absolute atomic E-state index is 11.5. The topological polar surface area (TPSA) is 59.0 Å². The Morgan fingerprint density at radius 1 is 1.15 bits per heavy atom. The van der Waals surface area contributed by atoms with Crippen molar-refractivity contribution in [2.24, 2.45) is 0 Å². The SMILES string of the molecule is O=C(O)c1ccc2c(c1)C(SCCN1CCOCC1)c1ccccc1CO2. The van der Waals surface area contributed by atoms with Gasteiger partial charge in [-0.2, -0.15) is 0 Å². The first-order chi connectivity index (χ1) is 13.2. The average Bonchev–Trinajstić information content (AvgIpc) is 2.86. The van der Waals surface area contributed by atoms with Crippen LogP contribution in [0.1, 0.15) is 32.3 Å². The Kier molecular flexibility index (Phi) is 5.66. The van der Waals surface area contributed by atoms with Gasteiger partial charge in [0.05, 0.1) is 24.0 Å². The molecule has 2 aliphatic rings. The minimum atomic E-state index is -0.910. The summed E-state index contributed by atoms with van der Waals surface area (Å²) >= 11 is 1.85. The summed E-state index contributed by atoms with van der Waals surface area (Å²) in [5, 5.41) is 9.49. The Morgan fingerprint density at radius 2 is 1.96 bits per heavy atom. The predicted octanol–water partition coefficient (Wildman–Crippen LogP) is 3.43. The zero-order chi connectivity index (χ0) is 18.6. The number of nitrogens with zero attached hydrogens (tertiary/aromatic N) is 1. The molecule has 0 bridgehead atoms. The summed E-state index contributed by atoms with van der Waals surface area (Å²) < 4.78 is 11.4. The quantitative estimate of drug-likeness (QED) is 0.851. The van der Waals surface area contributed by atoms with Gasteiger partial charge in [0, 0.05) is 31.0 Å². The number of carboxylic acid groups (broad SMARTS) is 1. The zero-order valence-corrected chi connectivity index (χ0v) is 15.9. The summed E-state index contributed by atoms with van der Waals surface area (Å²) in [7, 11) is 0. The van der Waals surface area contributed by atoms with E-state index in [-0.39, 0.29) is 5.25 Å². The van der Waals surface area contributed by atoms with Crippen molar-refractivity contribution in [2.45, 2.75) is 11.9 Å². The van der Waals surface area contributed by atoms with Crippen LogP contribution in [-0.4, -0.2) is 54.6 Å². The first-order valence-corrected chi connectivity index (χ1v) is 10.3. The number of thioether (sulfide) groups is 1. The number of hydrogen-bond donors (Lipinski definition) is 1. The Hall–Kier alpha value is -2.02. The van der Waals surface area contributed by atoms with Crippen molar-refractivity contribution in [1.29, 1.82) is 0 Å². The fourth-order valence-electron chi connectivity index (χ4n) is 3.57. The van der Waals surface area contributed by atoms with Gasteiger partial charge < -0.3 is 14.6 Å². The second-order valence-corrected chi connectivity index (χ2v) is 7.96. The van der Waals surface area contributed by atoms with E-state index in [0.717, 1.165) is 55.5 Å². The maximum Gasteiger partial charge on any atom is 0.335 e. The van der Waals surface area contributed by atoms with Crippen LogP contribution in [-0.2, 0) is 11.3 Å². The Morgan fingerprint density at radius 3 is 2.78 bits per heavy atom. The molecular weight excluding hydrogens is 362 g/mol. The van der Waals surface area contributed by atoms with Gasteiger partial charge in [-0.1, -0.05) is 24.3 Å². The van der Waals surface area contributed by atoms with Crippen LogP contribution in [0.3, 0.4) is 0 Å². The van der Waals surface area contributed by atoms with Crippen LogP contribution in [0.4, 0.5) is 0 Å². The Bertz CT molecular complexity index is 820. The summed E-state index contributed by atoms with van der Waals surface area (Å²) in [6, 6.07) is 13.5. The van der Waals surface area contributed by atoms with Crippen molar-refractivity contribution in [3.05, 3.63) is 64.7 Å². The van der Waals surface area contributed by atoms with Crippen LogP contribution >= 0.6 is 11.8 Å². The fraction of sp³-hybridized carbons (Fsp3) is 0.381. The van der Waals surface area contributed by atoms with Crippen molar-refractivity contribution in [3.8, 4) is 5.75 Å². The van der Waals surface area contributed by atoms with Crippen molar-refractivity contribution in [2.75, 3.05) is 38.6 Å². The van der Waals surface area contributed by atoms with E-state index in [4.69, 9.17) is 9.47 Å². The zero-order valence-electron chi connectivity index (χ0n) is 15.1. The Labute approximate surface area is 163 Å². The molecule has 2 aliphatic heterocycles. The number of fused-ring (bicyclic) bond motifs is 2. The molecule has 1 fully saturated rings. The molecule has 6 heteroatoms. The average molecular weight is 385 g/mol. The number of hydrogen-bond acceptors (Lipinski definition) is 5. The maximum atomic E-state index is 11.5. The van der Waals surface area contributed by atoms with Crippen LogP contribution in [0, 0.1) is 0 Å². The molecule has 142 valence electrons. The van der Waals surface area contributed by atoms with E-state index in [1.165, 1.54) is 5.56 Å². The van der Waals surface area contributed by atoms with E-state index < -0.39 is 5.97 Å². The van der Waals surface area contributed by atoms with Crippen LogP contribution in [0.15, 0.2) is 42.5 Å². The molecule has 1 saturated heterocycles. The molecule has 27 heavy (non-hydrogen) atoms. The monoisotopic (exact) mass is 385 g/mol. The molecule has 0 aliphatic carbocycles. The summed E-state index contributed by atoms with van der Waals surface area (Å²) in [4.78, 5) is 13.9. The van der Waals surface area contributed by atoms with Gasteiger partial charge in [-0.05, 0) is 29.3 Å². The smallest absolute Gasteiger partial charge is 0.335 e. The standard InChI is InChI=1S/C21H23NO4S/c23-21(24)15-5-6-19-18(13-15)20(17-4-2-1-3-16(17)14-26-19)27-12-9-22-7-10-25-11-8-22/h1-6,13,20H,7-12,14H2,(H,23,24). The molecule has 4 rings (SSSR count). The molecule has 1 unspecified atom stereocenters. The summed E-state index contributed by atoms with van der Waals surface area (Å²) in [6.07, 6.45) is 0. The van der Waals surface area contributed by atoms with Gasteiger partial charge >= 0.3 is 5.97 Å². The second kappa shape index (κ2) is 8.33. The van der Waals surface area contributed by atoms with Gasteiger partial charge in [-0.15, -0.1) is 11.8 Å². The molecule has 1 N–H and O–H groups in total. The number of rotatable bonds is 5. The molecule has 0 aromatic heterocycles. The van der Waals surface area contributed by atoms with Gasteiger partial charge in [-0.3, -0.25) is 4.90 Å². The van der Waals surface area contributed by atoms with Crippen LogP contribution in [0.5, 0.6) is 5.75 Å². The normalized spacial score (nSPS) is 19.5. The molecule has 2 aromatic carbocycles. The lowest BCUT2D eigenvalue weighted by Crippen LogP contribution is -2.37. The molecule has 0 spiro atoms. The van der Waals surface area contributed by atoms with Crippen LogP contribution in [0.25, 0.3) is 0 Å². The van der Waals surface area contributed by atoms with E-state index >= 15 is 0 Å². The highest BCUT2D eigenvalue weighted by molar-refractivity contribution is 7.99. The summed E-state index contributed by atoms with van der Waals surface area (Å²) in [6.45, 7) is 5.07. The minimum Gasteiger partial charge on any atom is -0.489 e. The molecule has 2 aromatic rings. The minimum absolute atomic E-state index is 0.0686. The van der Waals surface area contributed by atoms with Crippen molar-refractivity contribution < 1.29 is 19.4 Å². The number of carboxylic acids is 1. The first-order valence-electron chi connectivity index (χ1n) is 9.22. The number of carbonyl (C=O) groups is 1. The van der Waals surface area contributed by atoms with Gasteiger partial charge in [0.2, 0.25) is 0 Å². The van der Waals surface area contributed by atoms with E-state index in [2.05, 4.69) is 17.0 Å². The molecule has 2 heterocycles. The van der Waals surface area contributed by atoms with Crippen molar-refractivity contribution in [1.82, 2.24) is 4.90 Å². The van der Waals surface area contributed by atoms with Gasteiger partial charge in [0.25, 0.3) is 0 Å². The van der Waals surface area contributed by atoms with Crippen LogP contribution < -0.4 is 4.74 Å². The molecule has 0 amide bonds. The second-order valence-electron chi connectivity index (χ2n) is 6.75. The van der Waals surface area contributed by atoms with Crippen molar-refractivity contribution >= 4 is 17.7 Å². The molecule has 5 nitrogen and oxygen atoms in total. The lowest BCUT2D eigenvalue weighted by atomic mass is 9.98. The van der Waals surface area contributed by atoms with Gasteiger partial charge in [0.15, 0.2) is 0 Å². The fourth-order valence-corrected chi connectivity index (χ4v) is 4.94.